The highest BCUT2D eigenvalue weighted by molar-refractivity contribution is 6.02. The van der Waals surface area contributed by atoms with Crippen molar-refractivity contribution in [1.29, 1.82) is 0 Å². The fraction of sp³-hybridized carbons (Fsp3) is 0.818. The maximum atomic E-state index is 11.7. The van der Waals surface area contributed by atoms with E-state index in [1.807, 2.05) is 27.7 Å². The lowest BCUT2D eigenvalue weighted by Gasteiger charge is -2.36. The van der Waals surface area contributed by atoms with Gasteiger partial charge in [0.15, 0.2) is 0 Å². The van der Waals surface area contributed by atoms with Gasteiger partial charge in [0.25, 0.3) is 0 Å². The van der Waals surface area contributed by atoms with Gasteiger partial charge in [-0.3, -0.25) is 9.59 Å². The standard InChI is InChI=1S/C11H19NO2/c1-6(2)10-8(13)5-9(14)12-11(10)7(3)4/h6-7,10-11H,5H2,1-4H3,(H,12,14). The average Bonchev–Trinajstić information content (AvgIpc) is 2.01. The quantitative estimate of drug-likeness (QED) is 0.680. The van der Waals surface area contributed by atoms with Crippen molar-refractivity contribution in [2.75, 3.05) is 0 Å². The summed E-state index contributed by atoms with van der Waals surface area (Å²) in [5.41, 5.74) is 0. The van der Waals surface area contributed by atoms with Gasteiger partial charge in [0, 0.05) is 12.0 Å². The Morgan fingerprint density at radius 1 is 1.14 bits per heavy atom. The third-order valence-electron chi connectivity index (χ3n) is 2.86. The van der Waals surface area contributed by atoms with E-state index >= 15 is 0 Å². The first-order valence-electron chi connectivity index (χ1n) is 5.25. The van der Waals surface area contributed by atoms with Gasteiger partial charge < -0.3 is 5.32 Å². The molecule has 0 aromatic carbocycles. The first-order chi connectivity index (χ1) is 6.43. The van der Waals surface area contributed by atoms with E-state index in [1.54, 1.807) is 0 Å². The van der Waals surface area contributed by atoms with Crippen molar-refractivity contribution in [2.45, 2.75) is 40.2 Å². The van der Waals surface area contributed by atoms with E-state index in [4.69, 9.17) is 0 Å². The van der Waals surface area contributed by atoms with Crippen LogP contribution in [0.1, 0.15) is 34.1 Å². The smallest absolute Gasteiger partial charge is 0.227 e. The second kappa shape index (κ2) is 4.11. The molecule has 0 radical (unpaired) electrons. The van der Waals surface area contributed by atoms with E-state index in [-0.39, 0.29) is 30.1 Å². The minimum atomic E-state index is -0.120. The normalized spacial score (nSPS) is 28.4. The fourth-order valence-corrected chi connectivity index (χ4v) is 2.17. The van der Waals surface area contributed by atoms with Crippen molar-refractivity contribution in [1.82, 2.24) is 5.32 Å². The van der Waals surface area contributed by atoms with E-state index < -0.39 is 0 Å². The number of carbonyl (C=O) groups excluding carboxylic acids is 2. The van der Waals surface area contributed by atoms with Crippen molar-refractivity contribution < 1.29 is 9.59 Å². The summed E-state index contributed by atoms with van der Waals surface area (Å²) in [5, 5.41) is 2.92. The molecule has 1 saturated heterocycles. The molecule has 80 valence electrons. The zero-order valence-corrected chi connectivity index (χ0v) is 9.33. The van der Waals surface area contributed by atoms with Crippen molar-refractivity contribution in [3.8, 4) is 0 Å². The number of hydrogen-bond donors (Lipinski definition) is 1. The van der Waals surface area contributed by atoms with Crippen LogP contribution < -0.4 is 5.32 Å². The third-order valence-corrected chi connectivity index (χ3v) is 2.86. The van der Waals surface area contributed by atoms with Gasteiger partial charge >= 0.3 is 0 Å². The first kappa shape index (κ1) is 11.2. The average molecular weight is 197 g/mol. The van der Waals surface area contributed by atoms with Gasteiger partial charge in [-0.1, -0.05) is 27.7 Å². The number of carbonyl (C=O) groups is 2. The largest absolute Gasteiger partial charge is 0.352 e. The summed E-state index contributed by atoms with van der Waals surface area (Å²) in [4.78, 5) is 22.9. The number of rotatable bonds is 2. The van der Waals surface area contributed by atoms with Crippen molar-refractivity contribution >= 4 is 11.7 Å². The number of nitrogens with one attached hydrogen (secondary N) is 1. The highest BCUT2D eigenvalue weighted by Crippen LogP contribution is 2.26. The summed E-state index contributed by atoms with van der Waals surface area (Å²) in [5.74, 6) is 0.590. The highest BCUT2D eigenvalue weighted by atomic mass is 16.2. The van der Waals surface area contributed by atoms with E-state index in [1.165, 1.54) is 0 Å². The van der Waals surface area contributed by atoms with E-state index in [2.05, 4.69) is 5.32 Å². The predicted molar refractivity (Wildman–Crippen MR) is 54.7 cm³/mol. The second-order valence-electron chi connectivity index (χ2n) is 4.75. The molecule has 0 aliphatic carbocycles. The summed E-state index contributed by atoms with van der Waals surface area (Å²) in [6.07, 6.45) is 0.0616. The maximum absolute atomic E-state index is 11.7. The minimum Gasteiger partial charge on any atom is -0.352 e. The van der Waals surface area contributed by atoms with E-state index in [0.29, 0.717) is 11.8 Å². The van der Waals surface area contributed by atoms with Gasteiger partial charge in [-0.05, 0) is 11.8 Å². The number of piperidine rings is 1. The summed E-state index contributed by atoms with van der Waals surface area (Å²) >= 11 is 0. The zero-order valence-electron chi connectivity index (χ0n) is 9.33. The minimum absolute atomic E-state index is 0.00676. The molecule has 0 spiro atoms. The van der Waals surface area contributed by atoms with Crippen LogP contribution in [-0.2, 0) is 9.59 Å². The van der Waals surface area contributed by atoms with Crippen LogP contribution in [0.5, 0.6) is 0 Å². The summed E-state index contributed by atoms with van der Waals surface area (Å²) in [6.45, 7) is 8.16. The van der Waals surface area contributed by atoms with Gasteiger partial charge in [-0.15, -0.1) is 0 Å². The lowest BCUT2D eigenvalue weighted by molar-refractivity contribution is -0.137. The molecular weight excluding hydrogens is 178 g/mol. The molecule has 2 atom stereocenters. The molecule has 3 nitrogen and oxygen atoms in total. The van der Waals surface area contributed by atoms with E-state index in [9.17, 15) is 9.59 Å². The molecule has 1 N–H and O–H groups in total. The molecular formula is C11H19NO2. The Kier molecular flexibility index (Phi) is 3.29. The van der Waals surface area contributed by atoms with Crippen LogP contribution in [0, 0.1) is 17.8 Å². The monoisotopic (exact) mass is 197 g/mol. The van der Waals surface area contributed by atoms with Gasteiger partial charge in [-0.25, -0.2) is 0 Å². The SMILES string of the molecule is CC(C)C1NC(=O)CC(=O)C1C(C)C. The molecule has 1 fully saturated rings. The van der Waals surface area contributed by atoms with E-state index in [0.717, 1.165) is 0 Å². The van der Waals surface area contributed by atoms with Crippen LogP contribution in [0.25, 0.3) is 0 Å². The molecule has 2 unspecified atom stereocenters. The number of amides is 1. The zero-order chi connectivity index (χ0) is 10.9. The predicted octanol–water partition coefficient (Wildman–Crippen LogP) is 1.37. The Morgan fingerprint density at radius 3 is 2.14 bits per heavy atom. The third kappa shape index (κ3) is 2.14. The Morgan fingerprint density at radius 2 is 1.71 bits per heavy atom. The Balaban J connectivity index is 2.86. The van der Waals surface area contributed by atoms with Gasteiger partial charge in [0.05, 0.1) is 6.42 Å². The second-order valence-corrected chi connectivity index (χ2v) is 4.75. The Labute approximate surface area is 85.3 Å². The molecule has 1 aliphatic heterocycles. The van der Waals surface area contributed by atoms with Gasteiger partial charge in [-0.2, -0.15) is 0 Å². The molecule has 1 rings (SSSR count). The number of ketones is 1. The number of Topliss-reactive ketones (excluding diaryl/α,β-unsaturated/α-hetero) is 1. The van der Waals surface area contributed by atoms with Crippen LogP contribution in [-0.4, -0.2) is 17.7 Å². The fourth-order valence-electron chi connectivity index (χ4n) is 2.17. The first-order valence-corrected chi connectivity index (χ1v) is 5.25. The molecule has 0 aromatic rings. The molecule has 0 bridgehead atoms. The highest BCUT2D eigenvalue weighted by Gasteiger charge is 2.38. The maximum Gasteiger partial charge on any atom is 0.227 e. The molecule has 0 saturated carbocycles. The summed E-state index contributed by atoms with van der Waals surface area (Å²) in [7, 11) is 0. The van der Waals surface area contributed by atoms with Crippen molar-refractivity contribution in [3.05, 3.63) is 0 Å². The van der Waals surface area contributed by atoms with Crippen LogP contribution in [0.3, 0.4) is 0 Å². The molecule has 3 heteroatoms. The molecule has 0 aromatic heterocycles. The summed E-state index contributed by atoms with van der Waals surface area (Å²) in [6, 6.07) is 0.0174. The Hall–Kier alpha value is -0.860. The van der Waals surface area contributed by atoms with Crippen LogP contribution in [0.4, 0.5) is 0 Å². The van der Waals surface area contributed by atoms with Gasteiger partial charge in [0.1, 0.15) is 5.78 Å². The topological polar surface area (TPSA) is 46.2 Å². The molecule has 1 aliphatic rings. The van der Waals surface area contributed by atoms with Crippen LogP contribution in [0.2, 0.25) is 0 Å². The van der Waals surface area contributed by atoms with Crippen LogP contribution in [0.15, 0.2) is 0 Å². The molecule has 14 heavy (non-hydrogen) atoms. The lowest BCUT2D eigenvalue weighted by Crippen LogP contribution is -2.53. The molecule has 1 heterocycles. The lowest BCUT2D eigenvalue weighted by atomic mass is 9.76. The van der Waals surface area contributed by atoms with Crippen LogP contribution >= 0.6 is 0 Å². The summed E-state index contributed by atoms with van der Waals surface area (Å²) < 4.78 is 0. The van der Waals surface area contributed by atoms with Gasteiger partial charge in [0.2, 0.25) is 5.91 Å². The van der Waals surface area contributed by atoms with Crippen molar-refractivity contribution in [2.24, 2.45) is 17.8 Å². The Bertz CT molecular complexity index is 246. The van der Waals surface area contributed by atoms with Crippen molar-refractivity contribution in [3.63, 3.8) is 0 Å². The number of hydrogen-bond acceptors (Lipinski definition) is 2. The molecule has 1 amide bonds.